The van der Waals surface area contributed by atoms with E-state index < -0.39 is 0 Å². The van der Waals surface area contributed by atoms with E-state index >= 15 is 0 Å². The van der Waals surface area contributed by atoms with E-state index in [0.717, 1.165) is 25.7 Å². The Morgan fingerprint density at radius 1 is 1.26 bits per heavy atom. The van der Waals surface area contributed by atoms with Crippen LogP contribution >= 0.6 is 0 Å². The van der Waals surface area contributed by atoms with Gasteiger partial charge in [-0.25, -0.2) is 4.39 Å². The number of aromatic hydroxyl groups is 1. The van der Waals surface area contributed by atoms with Gasteiger partial charge < -0.3 is 10.0 Å². The molecule has 1 aliphatic heterocycles. The largest absolute Gasteiger partial charge is 0.506 e. The maximum atomic E-state index is 14.7. The lowest BCUT2D eigenvalue weighted by molar-refractivity contribution is 0.0984. The smallest absolute Gasteiger partial charge is 0.258 e. The average molecular weight is 365 g/mol. The Kier molecular flexibility index (Phi) is 3.35. The number of carbonyl (C=O) groups is 1. The SMILES string of the molecule is Cn1ncc2cc(C(=O)N3CC4(CCCC4)c4c(F)cccc43)cc(O)c21. The molecule has 5 rings (SSSR count). The number of phenolic OH excluding ortho intramolecular Hbond substituents is 1. The first-order chi connectivity index (χ1) is 13.0. The molecule has 5 nitrogen and oxygen atoms in total. The highest BCUT2D eigenvalue weighted by Gasteiger charge is 2.48. The Hall–Kier alpha value is -2.89. The zero-order chi connectivity index (χ0) is 18.8. The van der Waals surface area contributed by atoms with Crippen molar-refractivity contribution in [2.45, 2.75) is 31.1 Å². The Labute approximate surface area is 156 Å². The Bertz CT molecular complexity index is 1080. The van der Waals surface area contributed by atoms with Crippen LogP contribution in [0.1, 0.15) is 41.6 Å². The molecule has 138 valence electrons. The number of benzene rings is 2. The van der Waals surface area contributed by atoms with Gasteiger partial charge in [-0.1, -0.05) is 18.9 Å². The van der Waals surface area contributed by atoms with Crippen LogP contribution in [0.2, 0.25) is 0 Å². The topological polar surface area (TPSA) is 58.4 Å². The minimum absolute atomic E-state index is 0.0186. The number of amides is 1. The molecule has 1 aromatic heterocycles. The lowest BCUT2D eigenvalue weighted by Crippen LogP contribution is -2.35. The fourth-order valence-corrected chi connectivity index (χ4v) is 4.95. The second kappa shape index (κ2) is 5.55. The van der Waals surface area contributed by atoms with Gasteiger partial charge in [0.05, 0.1) is 11.9 Å². The van der Waals surface area contributed by atoms with Crippen molar-refractivity contribution < 1.29 is 14.3 Å². The van der Waals surface area contributed by atoms with Crippen LogP contribution in [0, 0.1) is 5.82 Å². The molecule has 1 aliphatic carbocycles. The van der Waals surface area contributed by atoms with E-state index in [0.29, 0.717) is 34.3 Å². The highest BCUT2D eigenvalue weighted by atomic mass is 19.1. The molecule has 1 saturated carbocycles. The number of halogens is 1. The molecule has 0 unspecified atom stereocenters. The third-order valence-corrected chi connectivity index (χ3v) is 6.14. The summed E-state index contributed by atoms with van der Waals surface area (Å²) in [6.07, 6.45) is 5.54. The van der Waals surface area contributed by atoms with Crippen LogP contribution in [0.4, 0.5) is 10.1 Å². The molecule has 2 aliphatic rings. The van der Waals surface area contributed by atoms with E-state index in [1.807, 2.05) is 6.07 Å². The fraction of sp³-hybridized carbons (Fsp3) is 0.333. The van der Waals surface area contributed by atoms with Crippen molar-refractivity contribution in [2.24, 2.45) is 7.05 Å². The molecule has 1 N–H and O–H groups in total. The summed E-state index contributed by atoms with van der Waals surface area (Å²) in [6.45, 7) is 0.494. The van der Waals surface area contributed by atoms with E-state index in [-0.39, 0.29) is 22.9 Å². The molecule has 0 bridgehead atoms. The van der Waals surface area contributed by atoms with Crippen LogP contribution in [-0.4, -0.2) is 27.3 Å². The summed E-state index contributed by atoms with van der Waals surface area (Å²) < 4.78 is 16.3. The maximum Gasteiger partial charge on any atom is 0.258 e. The second-order valence-corrected chi connectivity index (χ2v) is 7.71. The Balaban J connectivity index is 1.61. The fourth-order valence-electron chi connectivity index (χ4n) is 4.95. The summed E-state index contributed by atoms with van der Waals surface area (Å²) in [4.78, 5) is 15.0. The Morgan fingerprint density at radius 2 is 2.04 bits per heavy atom. The van der Waals surface area contributed by atoms with Crippen LogP contribution < -0.4 is 4.90 Å². The zero-order valence-corrected chi connectivity index (χ0v) is 15.1. The molecule has 1 fully saturated rings. The molecule has 6 heteroatoms. The molecule has 2 heterocycles. The minimum Gasteiger partial charge on any atom is -0.506 e. The first-order valence-corrected chi connectivity index (χ1v) is 9.26. The van der Waals surface area contributed by atoms with Crippen molar-refractivity contribution in [1.29, 1.82) is 0 Å². The quantitative estimate of drug-likeness (QED) is 0.712. The maximum absolute atomic E-state index is 14.7. The molecule has 2 aromatic carbocycles. The van der Waals surface area contributed by atoms with E-state index in [1.165, 1.54) is 12.1 Å². The molecule has 0 atom stereocenters. The first kappa shape index (κ1) is 16.3. The van der Waals surface area contributed by atoms with Gasteiger partial charge in [0.1, 0.15) is 17.1 Å². The van der Waals surface area contributed by atoms with Gasteiger partial charge in [-0.15, -0.1) is 0 Å². The number of phenols is 1. The number of hydrogen-bond donors (Lipinski definition) is 1. The van der Waals surface area contributed by atoms with E-state index in [9.17, 15) is 14.3 Å². The van der Waals surface area contributed by atoms with Crippen molar-refractivity contribution >= 4 is 22.5 Å². The summed E-state index contributed by atoms with van der Waals surface area (Å²) in [6, 6.07) is 8.18. The molecule has 1 spiro atoms. The average Bonchev–Trinajstić information content (AvgIpc) is 3.34. The van der Waals surface area contributed by atoms with Gasteiger partial charge in [0.2, 0.25) is 0 Å². The summed E-state index contributed by atoms with van der Waals surface area (Å²) >= 11 is 0. The number of anilines is 1. The zero-order valence-electron chi connectivity index (χ0n) is 15.1. The molecule has 3 aromatic rings. The van der Waals surface area contributed by atoms with E-state index in [4.69, 9.17) is 0 Å². The van der Waals surface area contributed by atoms with Crippen LogP contribution in [0.15, 0.2) is 36.5 Å². The lowest BCUT2D eigenvalue weighted by Gasteiger charge is -2.25. The van der Waals surface area contributed by atoms with Gasteiger partial charge >= 0.3 is 0 Å². The van der Waals surface area contributed by atoms with Crippen molar-refractivity contribution in [3.63, 3.8) is 0 Å². The van der Waals surface area contributed by atoms with Crippen LogP contribution in [0.25, 0.3) is 10.9 Å². The number of aryl methyl sites for hydroxylation is 1. The number of hydrogen-bond acceptors (Lipinski definition) is 3. The number of nitrogens with zero attached hydrogens (tertiary/aromatic N) is 3. The minimum atomic E-state index is -0.281. The predicted octanol–water partition coefficient (Wildman–Crippen LogP) is 3.89. The molecular formula is C21H20FN3O2. The monoisotopic (exact) mass is 365 g/mol. The number of fused-ring (bicyclic) bond motifs is 3. The highest BCUT2D eigenvalue weighted by Crippen LogP contribution is 2.51. The number of aromatic nitrogens is 2. The molecule has 0 saturated heterocycles. The van der Waals surface area contributed by atoms with Gasteiger partial charge in [-0.05, 0) is 37.1 Å². The molecule has 1 amide bonds. The van der Waals surface area contributed by atoms with Gasteiger partial charge in [0.25, 0.3) is 5.91 Å². The number of rotatable bonds is 1. The summed E-state index contributed by atoms with van der Waals surface area (Å²) in [5.74, 6) is -0.424. The Morgan fingerprint density at radius 3 is 2.81 bits per heavy atom. The van der Waals surface area contributed by atoms with E-state index in [2.05, 4.69) is 5.10 Å². The van der Waals surface area contributed by atoms with Crippen molar-refractivity contribution in [3.05, 3.63) is 53.5 Å². The van der Waals surface area contributed by atoms with Crippen LogP contribution in [0.3, 0.4) is 0 Å². The highest BCUT2D eigenvalue weighted by molar-refractivity contribution is 6.10. The van der Waals surface area contributed by atoms with Crippen molar-refractivity contribution in [1.82, 2.24) is 9.78 Å². The third-order valence-electron chi connectivity index (χ3n) is 6.14. The summed E-state index contributed by atoms with van der Waals surface area (Å²) in [7, 11) is 1.74. The standard InChI is InChI=1S/C21H20FN3O2/c1-24-19-14(11-23-24)9-13(10-17(19)26)20(27)25-12-21(7-2-3-8-21)18-15(22)5-4-6-16(18)25/h4-6,9-11,26H,2-3,7-8,12H2,1H3. The summed E-state index contributed by atoms with van der Waals surface area (Å²) in [5, 5.41) is 15.2. The first-order valence-electron chi connectivity index (χ1n) is 9.26. The van der Waals surface area contributed by atoms with Gasteiger partial charge in [0.15, 0.2) is 0 Å². The number of carbonyl (C=O) groups excluding carboxylic acids is 1. The molecular weight excluding hydrogens is 345 g/mol. The van der Waals surface area contributed by atoms with Gasteiger partial charge in [0, 0.05) is 35.5 Å². The third kappa shape index (κ3) is 2.22. The lowest BCUT2D eigenvalue weighted by atomic mass is 9.80. The van der Waals surface area contributed by atoms with Crippen LogP contribution in [0.5, 0.6) is 5.75 Å². The van der Waals surface area contributed by atoms with Crippen LogP contribution in [-0.2, 0) is 12.5 Å². The predicted molar refractivity (Wildman–Crippen MR) is 101 cm³/mol. The molecule has 0 radical (unpaired) electrons. The second-order valence-electron chi connectivity index (χ2n) is 7.71. The molecule has 27 heavy (non-hydrogen) atoms. The normalized spacial score (nSPS) is 17.8. The van der Waals surface area contributed by atoms with Crippen molar-refractivity contribution in [2.75, 3.05) is 11.4 Å². The van der Waals surface area contributed by atoms with Gasteiger partial charge in [-0.3, -0.25) is 9.48 Å². The summed E-state index contributed by atoms with van der Waals surface area (Å²) in [5.41, 5.74) is 2.04. The van der Waals surface area contributed by atoms with Crippen molar-refractivity contribution in [3.8, 4) is 5.75 Å². The van der Waals surface area contributed by atoms with E-state index in [1.54, 1.807) is 35.0 Å². The van der Waals surface area contributed by atoms with Gasteiger partial charge in [-0.2, -0.15) is 5.10 Å².